The Hall–Kier alpha value is -1.52. The molecule has 1 aliphatic rings. The SMILES string of the molecule is CS(=O)(=O)Nc1ccc(C(F)(F)F)cc1NC(=O)CCC1CCNCC1.Cl. The van der Waals surface area contributed by atoms with Gasteiger partial charge in [-0.15, -0.1) is 12.4 Å². The predicted molar refractivity (Wildman–Crippen MR) is 101 cm³/mol. The molecule has 6 nitrogen and oxygen atoms in total. The van der Waals surface area contributed by atoms with Gasteiger partial charge in [0.15, 0.2) is 0 Å². The van der Waals surface area contributed by atoms with E-state index in [0.29, 0.717) is 12.3 Å². The Morgan fingerprint density at radius 3 is 2.41 bits per heavy atom. The van der Waals surface area contributed by atoms with Crippen LogP contribution in [0.5, 0.6) is 0 Å². The third kappa shape index (κ3) is 7.94. The lowest BCUT2D eigenvalue weighted by Crippen LogP contribution is -2.28. The minimum absolute atomic E-state index is 0. The summed E-state index contributed by atoms with van der Waals surface area (Å²) in [7, 11) is -3.70. The van der Waals surface area contributed by atoms with Crippen LogP contribution < -0.4 is 15.4 Å². The summed E-state index contributed by atoms with van der Waals surface area (Å²) >= 11 is 0. The summed E-state index contributed by atoms with van der Waals surface area (Å²) in [6.07, 6.45) is -0.998. The third-order valence-electron chi connectivity index (χ3n) is 4.15. The second kappa shape index (κ2) is 9.61. The second-order valence-electron chi connectivity index (χ2n) is 6.41. The number of hydrogen-bond acceptors (Lipinski definition) is 4. The van der Waals surface area contributed by atoms with Gasteiger partial charge in [0.05, 0.1) is 23.2 Å². The molecule has 11 heteroatoms. The first-order valence-corrected chi connectivity index (χ1v) is 10.1. The molecule has 0 aliphatic carbocycles. The van der Waals surface area contributed by atoms with Crippen LogP contribution in [-0.2, 0) is 21.0 Å². The first kappa shape index (κ1) is 23.5. The quantitative estimate of drug-likeness (QED) is 0.648. The van der Waals surface area contributed by atoms with E-state index in [9.17, 15) is 26.4 Å². The molecule has 0 atom stereocenters. The van der Waals surface area contributed by atoms with Crippen molar-refractivity contribution in [3.63, 3.8) is 0 Å². The maximum Gasteiger partial charge on any atom is 0.416 e. The van der Waals surface area contributed by atoms with Gasteiger partial charge in [-0.1, -0.05) is 0 Å². The number of carbonyl (C=O) groups is 1. The van der Waals surface area contributed by atoms with Gasteiger partial charge < -0.3 is 10.6 Å². The smallest absolute Gasteiger partial charge is 0.324 e. The van der Waals surface area contributed by atoms with Crippen molar-refractivity contribution in [2.24, 2.45) is 5.92 Å². The van der Waals surface area contributed by atoms with Crippen LogP contribution in [0.3, 0.4) is 0 Å². The number of halogens is 4. The highest BCUT2D eigenvalue weighted by atomic mass is 35.5. The van der Waals surface area contributed by atoms with Gasteiger partial charge >= 0.3 is 6.18 Å². The van der Waals surface area contributed by atoms with Crippen LogP contribution in [0, 0.1) is 5.92 Å². The molecule has 0 radical (unpaired) electrons. The van der Waals surface area contributed by atoms with E-state index >= 15 is 0 Å². The van der Waals surface area contributed by atoms with Crippen molar-refractivity contribution in [3.8, 4) is 0 Å². The summed E-state index contributed by atoms with van der Waals surface area (Å²) in [4.78, 5) is 12.1. The van der Waals surface area contributed by atoms with Crippen LogP contribution >= 0.6 is 12.4 Å². The number of piperidine rings is 1. The first-order valence-electron chi connectivity index (χ1n) is 8.24. The molecule has 3 N–H and O–H groups in total. The number of hydrogen-bond donors (Lipinski definition) is 3. The fraction of sp³-hybridized carbons (Fsp3) is 0.562. The molecule has 1 fully saturated rings. The Labute approximate surface area is 162 Å². The summed E-state index contributed by atoms with van der Waals surface area (Å²) in [6.45, 7) is 1.78. The zero-order valence-electron chi connectivity index (χ0n) is 14.7. The van der Waals surface area contributed by atoms with Crippen molar-refractivity contribution in [1.82, 2.24) is 5.32 Å². The molecule has 0 aromatic heterocycles. The molecule has 1 aromatic rings. The Morgan fingerprint density at radius 2 is 1.85 bits per heavy atom. The van der Waals surface area contributed by atoms with Gasteiger partial charge in [0, 0.05) is 6.42 Å². The molecule has 1 aromatic carbocycles. The number of alkyl halides is 3. The van der Waals surface area contributed by atoms with E-state index in [0.717, 1.165) is 50.4 Å². The van der Waals surface area contributed by atoms with E-state index in [2.05, 4.69) is 15.4 Å². The number of anilines is 2. The Morgan fingerprint density at radius 1 is 1.22 bits per heavy atom. The number of rotatable bonds is 6. The molecular formula is C16H23ClF3N3O3S. The highest BCUT2D eigenvalue weighted by Gasteiger charge is 2.31. The summed E-state index contributed by atoms with van der Waals surface area (Å²) < 4.78 is 63.6. The van der Waals surface area contributed by atoms with E-state index in [1.54, 1.807) is 0 Å². The molecule has 154 valence electrons. The van der Waals surface area contributed by atoms with Crippen LogP contribution in [0.25, 0.3) is 0 Å². The van der Waals surface area contributed by atoms with Crippen molar-refractivity contribution in [1.29, 1.82) is 0 Å². The van der Waals surface area contributed by atoms with Crippen molar-refractivity contribution in [2.45, 2.75) is 31.9 Å². The zero-order chi connectivity index (χ0) is 19.4. The molecule has 2 rings (SSSR count). The number of nitrogens with one attached hydrogen (secondary N) is 3. The molecule has 1 aliphatic heterocycles. The average Bonchev–Trinajstić information content (AvgIpc) is 2.53. The van der Waals surface area contributed by atoms with E-state index in [1.807, 2.05) is 0 Å². The topological polar surface area (TPSA) is 87.3 Å². The van der Waals surface area contributed by atoms with Crippen LogP contribution in [-0.4, -0.2) is 33.7 Å². The van der Waals surface area contributed by atoms with Crippen molar-refractivity contribution < 1.29 is 26.4 Å². The van der Waals surface area contributed by atoms with E-state index in [-0.39, 0.29) is 30.2 Å². The van der Waals surface area contributed by atoms with Gasteiger partial charge in [-0.3, -0.25) is 9.52 Å². The highest BCUT2D eigenvalue weighted by Crippen LogP contribution is 2.34. The highest BCUT2D eigenvalue weighted by molar-refractivity contribution is 7.92. The maximum atomic E-state index is 12.9. The van der Waals surface area contributed by atoms with Crippen molar-refractivity contribution >= 4 is 39.7 Å². The fourth-order valence-corrected chi connectivity index (χ4v) is 3.41. The van der Waals surface area contributed by atoms with Gasteiger partial charge in [0.25, 0.3) is 0 Å². The second-order valence-corrected chi connectivity index (χ2v) is 8.16. The Balaban J connectivity index is 0.00000364. The Bertz CT molecular complexity index is 751. The number of amides is 1. The molecule has 0 spiro atoms. The van der Waals surface area contributed by atoms with E-state index in [4.69, 9.17) is 0 Å². The monoisotopic (exact) mass is 429 g/mol. The van der Waals surface area contributed by atoms with Crippen LogP contribution in [0.2, 0.25) is 0 Å². The molecule has 0 unspecified atom stereocenters. The van der Waals surface area contributed by atoms with Gasteiger partial charge in [-0.25, -0.2) is 8.42 Å². The van der Waals surface area contributed by atoms with Gasteiger partial charge in [0.1, 0.15) is 0 Å². The molecule has 0 saturated carbocycles. The van der Waals surface area contributed by atoms with Crippen LogP contribution in [0.4, 0.5) is 24.5 Å². The largest absolute Gasteiger partial charge is 0.416 e. The van der Waals surface area contributed by atoms with Gasteiger partial charge in [-0.05, 0) is 56.5 Å². The summed E-state index contributed by atoms with van der Waals surface area (Å²) in [5.41, 5.74) is -1.28. The van der Waals surface area contributed by atoms with Crippen LogP contribution in [0.1, 0.15) is 31.2 Å². The molecule has 0 bridgehead atoms. The Kier molecular flexibility index (Phi) is 8.37. The molecule has 27 heavy (non-hydrogen) atoms. The van der Waals surface area contributed by atoms with Crippen molar-refractivity contribution in [2.75, 3.05) is 29.4 Å². The maximum absolute atomic E-state index is 12.9. The van der Waals surface area contributed by atoms with Crippen molar-refractivity contribution in [3.05, 3.63) is 23.8 Å². The van der Waals surface area contributed by atoms with Gasteiger partial charge in [-0.2, -0.15) is 13.2 Å². The molecule has 1 heterocycles. The normalized spacial score (nSPS) is 15.7. The zero-order valence-corrected chi connectivity index (χ0v) is 16.4. The molecule has 1 amide bonds. The first-order chi connectivity index (χ1) is 12.0. The third-order valence-corrected chi connectivity index (χ3v) is 4.75. The number of benzene rings is 1. The summed E-state index contributed by atoms with van der Waals surface area (Å²) in [5.74, 6) is -0.0449. The van der Waals surface area contributed by atoms with E-state index < -0.39 is 27.7 Å². The number of sulfonamides is 1. The lowest BCUT2D eigenvalue weighted by Gasteiger charge is -2.22. The van der Waals surface area contributed by atoms with Crippen LogP contribution in [0.15, 0.2) is 18.2 Å². The predicted octanol–water partition coefficient (Wildman–Crippen LogP) is 3.22. The average molecular weight is 430 g/mol. The molecule has 1 saturated heterocycles. The summed E-state index contributed by atoms with van der Waals surface area (Å²) in [5, 5.41) is 5.62. The number of carbonyl (C=O) groups excluding carboxylic acids is 1. The minimum Gasteiger partial charge on any atom is -0.324 e. The lowest BCUT2D eigenvalue weighted by molar-refractivity contribution is -0.137. The lowest BCUT2D eigenvalue weighted by atomic mass is 9.93. The standard InChI is InChI=1S/C16H22F3N3O3S.ClH/c1-26(24,25)22-13-4-3-12(16(17,18)19)10-14(13)21-15(23)5-2-11-6-8-20-9-7-11;/h3-4,10-11,20,22H,2,5-9H2,1H3,(H,21,23);1H. The minimum atomic E-state index is -4.60. The van der Waals surface area contributed by atoms with Gasteiger partial charge in [0.2, 0.25) is 15.9 Å². The van der Waals surface area contributed by atoms with E-state index in [1.165, 1.54) is 0 Å². The summed E-state index contributed by atoms with van der Waals surface area (Å²) in [6, 6.07) is 2.49. The molecular weight excluding hydrogens is 407 g/mol. The fourth-order valence-electron chi connectivity index (χ4n) is 2.83.